The molecule has 0 bridgehead atoms. The first-order chi connectivity index (χ1) is 15.9. The number of hydrogen-bond donors (Lipinski definition) is 3. The van der Waals surface area contributed by atoms with E-state index in [2.05, 4.69) is 15.5 Å². The van der Waals surface area contributed by atoms with Gasteiger partial charge in [-0.2, -0.15) is 0 Å². The zero-order valence-electron chi connectivity index (χ0n) is 18.3. The normalized spacial score (nSPS) is 16.2. The summed E-state index contributed by atoms with van der Waals surface area (Å²) in [6, 6.07) is 15.6. The Hall–Kier alpha value is -3.76. The molecule has 0 aliphatic carbocycles. The van der Waals surface area contributed by atoms with Gasteiger partial charge in [-0.1, -0.05) is 36.4 Å². The maximum Gasteiger partial charge on any atom is 0.324 e. The average Bonchev–Trinajstić information content (AvgIpc) is 3.24. The first kappa shape index (κ1) is 23.9. The Morgan fingerprint density at radius 3 is 2.70 bits per heavy atom. The summed E-state index contributed by atoms with van der Waals surface area (Å²) in [7, 11) is 1.22. The minimum atomic E-state index is -0.971. The molecule has 3 amide bonds. The van der Waals surface area contributed by atoms with Gasteiger partial charge in [0.1, 0.15) is 6.04 Å². The highest BCUT2D eigenvalue weighted by Gasteiger charge is 2.35. The summed E-state index contributed by atoms with van der Waals surface area (Å²) in [6.45, 7) is 0.551. The molecule has 0 radical (unpaired) electrons. The molecule has 1 heterocycles. The quantitative estimate of drug-likeness (QED) is 0.268. The van der Waals surface area contributed by atoms with Gasteiger partial charge in [-0.3, -0.25) is 19.2 Å². The Labute approximate surface area is 191 Å². The Morgan fingerprint density at radius 1 is 1.24 bits per heavy atom. The minimum absolute atomic E-state index is 0.0349. The number of hydrogen-bond acceptors (Lipinski definition) is 7. The fourth-order valence-electron chi connectivity index (χ4n) is 3.49. The Balaban J connectivity index is 1.63. The molecule has 1 fully saturated rings. The van der Waals surface area contributed by atoms with Gasteiger partial charge >= 0.3 is 5.97 Å². The Bertz CT molecular complexity index is 1000. The molecule has 2 aromatic rings. The molecule has 0 saturated carbocycles. The van der Waals surface area contributed by atoms with E-state index in [1.165, 1.54) is 17.0 Å². The van der Waals surface area contributed by atoms with Gasteiger partial charge in [0.15, 0.2) is 0 Å². The summed E-state index contributed by atoms with van der Waals surface area (Å²) in [6.07, 6.45) is 0.696. The first-order valence-corrected chi connectivity index (χ1v) is 10.5. The van der Waals surface area contributed by atoms with Crippen molar-refractivity contribution in [3.63, 3.8) is 0 Å². The first-order valence-electron chi connectivity index (χ1n) is 10.5. The number of ether oxygens (including phenoxy) is 1. The zero-order valence-corrected chi connectivity index (χ0v) is 18.3. The monoisotopic (exact) mass is 453 g/mol. The third-order valence-electron chi connectivity index (χ3n) is 5.32. The predicted octanol–water partition coefficient (Wildman–Crippen LogP) is 0.324. The van der Waals surface area contributed by atoms with Crippen molar-refractivity contribution in [1.29, 1.82) is 0 Å². The predicted molar refractivity (Wildman–Crippen MR) is 122 cm³/mol. The summed E-state index contributed by atoms with van der Waals surface area (Å²) in [5.74, 6) is -1.78. The molecule has 2 unspecified atom stereocenters. The maximum absolute atomic E-state index is 12.6. The van der Waals surface area contributed by atoms with Gasteiger partial charge in [-0.15, -0.1) is 0 Å². The summed E-state index contributed by atoms with van der Waals surface area (Å²) in [5.41, 5.74) is 10.8. The molecule has 3 rings (SSSR count). The highest BCUT2D eigenvalue weighted by atomic mass is 16.5. The van der Waals surface area contributed by atoms with Crippen molar-refractivity contribution in [3.8, 4) is 0 Å². The van der Waals surface area contributed by atoms with Crippen molar-refractivity contribution >= 4 is 35.6 Å². The van der Waals surface area contributed by atoms with Crippen LogP contribution in [0.5, 0.6) is 0 Å². The number of nitrogens with zero attached hydrogens (tertiary/aromatic N) is 2. The van der Waals surface area contributed by atoms with Crippen LogP contribution >= 0.6 is 0 Å². The van der Waals surface area contributed by atoms with Crippen LogP contribution in [0.4, 0.5) is 11.4 Å². The molecule has 4 N–H and O–H groups in total. The molecule has 1 aliphatic rings. The number of carbonyl (C=O) groups is 4. The third-order valence-corrected chi connectivity index (χ3v) is 5.32. The zero-order chi connectivity index (χ0) is 23.8. The Morgan fingerprint density at radius 2 is 2.00 bits per heavy atom. The average molecular weight is 453 g/mol. The maximum atomic E-state index is 12.6. The van der Waals surface area contributed by atoms with Crippen molar-refractivity contribution in [3.05, 3.63) is 60.2 Å². The lowest BCUT2D eigenvalue weighted by Crippen LogP contribution is -2.45. The molecule has 174 valence electrons. The fourth-order valence-corrected chi connectivity index (χ4v) is 3.49. The van der Waals surface area contributed by atoms with E-state index in [0.29, 0.717) is 24.3 Å². The van der Waals surface area contributed by atoms with E-state index in [4.69, 9.17) is 5.73 Å². The topological polar surface area (TPSA) is 134 Å². The number of anilines is 2. The van der Waals surface area contributed by atoms with Crippen LogP contribution in [0.15, 0.2) is 54.6 Å². The molecule has 2 aromatic carbocycles. The van der Waals surface area contributed by atoms with Gasteiger partial charge in [0, 0.05) is 31.7 Å². The van der Waals surface area contributed by atoms with E-state index in [9.17, 15) is 19.2 Å². The van der Waals surface area contributed by atoms with Crippen molar-refractivity contribution in [2.45, 2.75) is 19.0 Å². The highest BCUT2D eigenvalue weighted by Crippen LogP contribution is 2.28. The van der Waals surface area contributed by atoms with Crippen LogP contribution in [0.2, 0.25) is 0 Å². The van der Waals surface area contributed by atoms with Crippen LogP contribution in [0.1, 0.15) is 12.0 Å². The van der Waals surface area contributed by atoms with Crippen LogP contribution < -0.4 is 26.4 Å². The van der Waals surface area contributed by atoms with E-state index < -0.39 is 17.9 Å². The lowest BCUT2D eigenvalue weighted by Gasteiger charge is -2.22. The lowest BCUT2D eigenvalue weighted by atomic mass is 10.1. The molecular formula is C23H27N5O5. The minimum Gasteiger partial charge on any atom is -0.468 e. The molecule has 1 aliphatic heterocycles. The van der Waals surface area contributed by atoms with E-state index in [0.717, 1.165) is 5.56 Å². The summed E-state index contributed by atoms with van der Waals surface area (Å²) < 4.78 is 4.53. The van der Waals surface area contributed by atoms with Crippen molar-refractivity contribution < 1.29 is 23.9 Å². The van der Waals surface area contributed by atoms with E-state index in [1.807, 2.05) is 30.3 Å². The molecular weight excluding hydrogens is 426 g/mol. The van der Waals surface area contributed by atoms with Crippen LogP contribution in [0, 0.1) is 5.92 Å². The van der Waals surface area contributed by atoms with Gasteiger partial charge in [-0.05, 0) is 23.8 Å². The summed E-state index contributed by atoms with van der Waals surface area (Å²) in [5, 5.41) is 3.94. The number of methoxy groups -OCH3 is 1. The van der Waals surface area contributed by atoms with Crippen LogP contribution in [-0.4, -0.2) is 50.4 Å². The fraction of sp³-hybridized carbons (Fsp3) is 0.304. The second-order valence-corrected chi connectivity index (χ2v) is 7.60. The summed E-state index contributed by atoms with van der Waals surface area (Å²) >= 11 is 0. The largest absolute Gasteiger partial charge is 0.468 e. The molecule has 10 heteroatoms. The third kappa shape index (κ3) is 6.15. The van der Waals surface area contributed by atoms with E-state index in [1.54, 1.807) is 24.3 Å². The van der Waals surface area contributed by atoms with Crippen LogP contribution in [-0.2, 0) is 30.5 Å². The number of amides is 3. The van der Waals surface area contributed by atoms with Crippen molar-refractivity contribution in [2.75, 3.05) is 30.1 Å². The smallest absolute Gasteiger partial charge is 0.324 e. The highest BCUT2D eigenvalue weighted by molar-refractivity contribution is 6.00. The van der Waals surface area contributed by atoms with Gasteiger partial charge in [0.25, 0.3) is 0 Å². The Kier molecular flexibility index (Phi) is 8.11. The van der Waals surface area contributed by atoms with E-state index >= 15 is 0 Å². The number of nitrogens with one attached hydrogen (secondary N) is 2. The SMILES string of the molecule is COC(=O)C(N)CNC(=O)C1CC(=O)N(c2cccc(N(C=O)NCc3ccccc3)c2)C1. The molecule has 1 saturated heterocycles. The van der Waals surface area contributed by atoms with Crippen LogP contribution in [0.3, 0.4) is 0 Å². The van der Waals surface area contributed by atoms with Crippen LogP contribution in [0.25, 0.3) is 0 Å². The molecule has 33 heavy (non-hydrogen) atoms. The number of nitrogens with two attached hydrogens (primary N) is 1. The molecule has 0 spiro atoms. The van der Waals surface area contributed by atoms with Gasteiger partial charge in [0.05, 0.1) is 18.7 Å². The summed E-state index contributed by atoms with van der Waals surface area (Å²) in [4.78, 5) is 49.6. The number of benzene rings is 2. The van der Waals surface area contributed by atoms with Gasteiger partial charge in [0.2, 0.25) is 18.2 Å². The number of rotatable bonds is 10. The molecule has 10 nitrogen and oxygen atoms in total. The van der Waals surface area contributed by atoms with Crippen molar-refractivity contribution in [2.24, 2.45) is 11.7 Å². The second-order valence-electron chi connectivity index (χ2n) is 7.60. The number of carbonyl (C=O) groups excluding carboxylic acids is 4. The lowest BCUT2D eigenvalue weighted by molar-refractivity contribution is -0.142. The van der Waals surface area contributed by atoms with E-state index in [-0.39, 0.29) is 31.3 Å². The van der Waals surface area contributed by atoms with Crippen molar-refractivity contribution in [1.82, 2.24) is 10.7 Å². The molecule has 0 aromatic heterocycles. The second kappa shape index (κ2) is 11.2. The van der Waals surface area contributed by atoms with Gasteiger partial charge in [-0.25, -0.2) is 10.4 Å². The van der Waals surface area contributed by atoms with Gasteiger partial charge < -0.3 is 20.7 Å². The number of hydrazine groups is 1. The standard InChI is InChI=1S/C23H27N5O5/c1-33-23(32)20(24)13-25-22(31)17-10-21(30)27(14-17)18-8-5-9-19(11-18)28(15-29)26-12-16-6-3-2-4-7-16/h2-9,11,15,17,20,26H,10,12-14,24H2,1H3,(H,25,31). The number of esters is 1. The molecule has 2 atom stereocenters.